The second-order valence-corrected chi connectivity index (χ2v) is 14.4. The molecule has 2 atom stereocenters. The first-order chi connectivity index (χ1) is 27.7. The summed E-state index contributed by atoms with van der Waals surface area (Å²) in [5.41, 5.74) is 13.2. The monoisotopic (exact) mass is 718 g/mol. The Balaban J connectivity index is 1.03. The highest BCUT2D eigenvalue weighted by Crippen LogP contribution is 2.54. The number of fused-ring (bicyclic) bond motifs is 7. The largest absolute Gasteiger partial charge is 0.456 e. The molecule has 1 aliphatic heterocycles. The Morgan fingerprint density at radius 3 is 1.55 bits per heavy atom. The van der Waals surface area contributed by atoms with Crippen LogP contribution in [0.15, 0.2) is 192 Å². The number of anilines is 2. The molecule has 3 heterocycles. The Bertz CT molecular complexity index is 2810. The van der Waals surface area contributed by atoms with Crippen molar-refractivity contribution in [1.29, 1.82) is 0 Å². The van der Waals surface area contributed by atoms with Crippen LogP contribution in [-0.4, -0.2) is 21.0 Å². The normalized spacial score (nSPS) is 15.4. The smallest absolute Gasteiger partial charge is 0.164 e. The Morgan fingerprint density at radius 1 is 0.446 bits per heavy atom. The topological polar surface area (TPSA) is 55.1 Å². The van der Waals surface area contributed by atoms with Gasteiger partial charge in [0.05, 0.1) is 6.04 Å². The summed E-state index contributed by atoms with van der Waals surface area (Å²) >= 11 is 0. The van der Waals surface area contributed by atoms with Gasteiger partial charge < -0.3 is 9.32 Å². The first-order valence-electron chi connectivity index (χ1n) is 19.0. The van der Waals surface area contributed by atoms with E-state index in [9.17, 15) is 0 Å². The minimum atomic E-state index is 0.0559. The van der Waals surface area contributed by atoms with Gasteiger partial charge in [0.2, 0.25) is 0 Å². The molecule has 264 valence electrons. The van der Waals surface area contributed by atoms with Crippen LogP contribution in [0.25, 0.3) is 73.5 Å². The van der Waals surface area contributed by atoms with Crippen LogP contribution in [0.5, 0.6) is 0 Å². The zero-order valence-corrected chi connectivity index (χ0v) is 30.3. The lowest BCUT2D eigenvalue weighted by atomic mass is 9.82. The Morgan fingerprint density at radius 2 is 0.964 bits per heavy atom. The van der Waals surface area contributed by atoms with Gasteiger partial charge in [-0.15, -0.1) is 0 Å². The van der Waals surface area contributed by atoms with E-state index >= 15 is 0 Å². The van der Waals surface area contributed by atoms with Gasteiger partial charge in [-0.05, 0) is 64.2 Å². The van der Waals surface area contributed by atoms with Crippen molar-refractivity contribution in [2.45, 2.75) is 12.0 Å². The van der Waals surface area contributed by atoms with E-state index in [1.165, 1.54) is 39.1 Å². The van der Waals surface area contributed by atoms with Gasteiger partial charge >= 0.3 is 0 Å². The quantitative estimate of drug-likeness (QED) is 0.171. The molecule has 2 unspecified atom stereocenters. The molecule has 56 heavy (non-hydrogen) atoms. The van der Waals surface area contributed by atoms with Crippen LogP contribution < -0.4 is 4.90 Å². The predicted octanol–water partition coefficient (Wildman–Crippen LogP) is 12.6. The molecule has 0 bridgehead atoms. The predicted molar refractivity (Wildman–Crippen MR) is 226 cm³/mol. The molecule has 0 radical (unpaired) electrons. The molecule has 7 aromatic carbocycles. The van der Waals surface area contributed by atoms with Crippen LogP contribution in [0, 0.1) is 0 Å². The summed E-state index contributed by atoms with van der Waals surface area (Å²) in [5, 5.41) is 1.10. The minimum Gasteiger partial charge on any atom is -0.456 e. The van der Waals surface area contributed by atoms with E-state index in [-0.39, 0.29) is 12.0 Å². The van der Waals surface area contributed by atoms with E-state index in [0.717, 1.165) is 39.1 Å². The van der Waals surface area contributed by atoms with Crippen molar-refractivity contribution in [3.05, 3.63) is 205 Å². The number of hydrogen-bond donors (Lipinski definition) is 0. The summed E-state index contributed by atoms with van der Waals surface area (Å²) < 4.78 is 6.72. The molecule has 0 saturated carbocycles. The van der Waals surface area contributed by atoms with E-state index in [4.69, 9.17) is 19.4 Å². The summed E-state index contributed by atoms with van der Waals surface area (Å²) in [6, 6.07) is 63.8. The van der Waals surface area contributed by atoms with E-state index in [0.29, 0.717) is 17.5 Å². The van der Waals surface area contributed by atoms with E-state index in [1.807, 2.05) is 60.7 Å². The Hall–Kier alpha value is -7.37. The molecular weight excluding hydrogens is 685 g/mol. The lowest BCUT2D eigenvalue weighted by Crippen LogP contribution is -2.30. The third-order valence-electron chi connectivity index (χ3n) is 11.1. The fourth-order valence-electron chi connectivity index (χ4n) is 8.49. The van der Waals surface area contributed by atoms with Crippen LogP contribution in [0.1, 0.15) is 22.8 Å². The average molecular weight is 719 g/mol. The Kier molecular flexibility index (Phi) is 7.56. The molecular formula is C51H34N4O. The maximum absolute atomic E-state index is 6.72. The molecule has 9 aromatic rings. The van der Waals surface area contributed by atoms with Crippen molar-refractivity contribution in [3.63, 3.8) is 0 Å². The number of furan rings is 1. The highest BCUT2D eigenvalue weighted by atomic mass is 16.3. The molecule has 5 heteroatoms. The maximum atomic E-state index is 6.72. The number of hydrogen-bond acceptors (Lipinski definition) is 5. The van der Waals surface area contributed by atoms with Crippen molar-refractivity contribution < 1.29 is 4.42 Å². The van der Waals surface area contributed by atoms with Crippen molar-refractivity contribution in [2.24, 2.45) is 0 Å². The lowest BCUT2D eigenvalue weighted by molar-refractivity contribution is 0.584. The van der Waals surface area contributed by atoms with Gasteiger partial charge in [0.15, 0.2) is 17.5 Å². The van der Waals surface area contributed by atoms with Gasteiger partial charge in [0.1, 0.15) is 11.3 Å². The van der Waals surface area contributed by atoms with Gasteiger partial charge in [-0.25, -0.2) is 15.0 Å². The summed E-state index contributed by atoms with van der Waals surface area (Å²) in [6.07, 6.45) is 4.48. The molecule has 0 amide bonds. The molecule has 0 N–H and O–H groups in total. The summed E-state index contributed by atoms with van der Waals surface area (Å²) in [5.74, 6) is 2.84. The van der Waals surface area contributed by atoms with E-state index in [1.54, 1.807) is 0 Å². The number of nitrogens with zero attached hydrogens (tertiary/aromatic N) is 4. The minimum absolute atomic E-state index is 0.0559. The standard InChI is InChI=1S/C51H34N4O/c1-5-15-33(16-6-1)38-29-39(34-17-7-2-8-18-34)31-40(30-38)55-43-24-14-13-23-41(43)47-44(55)27-28-45-48(47)42-26-25-37(32-46(42)56-45)51-53-49(35-19-9-3-10-20-35)52-50(54-51)36-21-11-4-12-22-36/h1-32,44,47H. The lowest BCUT2D eigenvalue weighted by Gasteiger charge is -2.31. The van der Waals surface area contributed by atoms with Gasteiger partial charge in [0, 0.05) is 44.9 Å². The second-order valence-electron chi connectivity index (χ2n) is 14.4. The fraction of sp³-hybridized carbons (Fsp3) is 0.0392. The van der Waals surface area contributed by atoms with E-state index < -0.39 is 0 Å². The van der Waals surface area contributed by atoms with Crippen LogP contribution >= 0.6 is 0 Å². The van der Waals surface area contributed by atoms with Gasteiger partial charge in [-0.3, -0.25) is 0 Å². The SMILES string of the molecule is C1=CC2C(c3ccccc3N2c2cc(-c3ccccc3)cc(-c3ccccc3)c2)c2c1oc1cc(-c3nc(-c4ccccc4)nc(-c4ccccc4)n3)ccc21. The van der Waals surface area contributed by atoms with Gasteiger partial charge in [-0.1, -0.05) is 158 Å². The number of rotatable bonds is 6. The fourth-order valence-corrected chi connectivity index (χ4v) is 8.49. The van der Waals surface area contributed by atoms with Crippen molar-refractivity contribution in [3.8, 4) is 56.4 Å². The highest BCUT2D eigenvalue weighted by Gasteiger charge is 2.43. The summed E-state index contributed by atoms with van der Waals surface area (Å²) in [4.78, 5) is 17.4. The number of aromatic nitrogens is 3. The molecule has 1 aliphatic carbocycles. The molecule has 11 rings (SSSR count). The van der Waals surface area contributed by atoms with Crippen molar-refractivity contribution in [2.75, 3.05) is 4.90 Å². The Labute approximate surface area is 324 Å². The zero-order chi connectivity index (χ0) is 37.0. The third-order valence-corrected chi connectivity index (χ3v) is 11.1. The van der Waals surface area contributed by atoms with Crippen LogP contribution in [0.3, 0.4) is 0 Å². The van der Waals surface area contributed by atoms with Crippen LogP contribution in [0.2, 0.25) is 0 Å². The van der Waals surface area contributed by atoms with Crippen LogP contribution in [-0.2, 0) is 0 Å². The first kappa shape index (κ1) is 32.1. The third kappa shape index (κ3) is 5.44. The van der Waals surface area contributed by atoms with Gasteiger partial charge in [0.25, 0.3) is 0 Å². The molecule has 0 fully saturated rings. The van der Waals surface area contributed by atoms with Crippen molar-refractivity contribution in [1.82, 2.24) is 15.0 Å². The molecule has 0 spiro atoms. The average Bonchev–Trinajstić information content (AvgIpc) is 3.82. The van der Waals surface area contributed by atoms with Gasteiger partial charge in [-0.2, -0.15) is 0 Å². The summed E-state index contributed by atoms with van der Waals surface area (Å²) in [7, 11) is 0. The summed E-state index contributed by atoms with van der Waals surface area (Å²) in [6.45, 7) is 0. The highest BCUT2D eigenvalue weighted by molar-refractivity contribution is 5.93. The molecule has 5 nitrogen and oxygen atoms in total. The first-order valence-corrected chi connectivity index (χ1v) is 19.0. The molecule has 2 aromatic heterocycles. The number of benzene rings is 7. The second kappa shape index (κ2) is 13.2. The number of para-hydroxylation sites is 1. The molecule has 0 saturated heterocycles. The zero-order valence-electron chi connectivity index (χ0n) is 30.3. The maximum Gasteiger partial charge on any atom is 0.164 e. The van der Waals surface area contributed by atoms with E-state index in [2.05, 4.69) is 138 Å². The van der Waals surface area contributed by atoms with Crippen molar-refractivity contribution >= 4 is 28.4 Å². The molecule has 2 aliphatic rings. The van der Waals surface area contributed by atoms with Crippen LogP contribution in [0.4, 0.5) is 11.4 Å².